The third-order valence-corrected chi connectivity index (χ3v) is 5.86. The minimum absolute atomic E-state index is 0.0558. The number of benzene rings is 3. The molecule has 0 unspecified atom stereocenters. The van der Waals surface area contributed by atoms with Gasteiger partial charge in [0.15, 0.2) is 0 Å². The van der Waals surface area contributed by atoms with Crippen molar-refractivity contribution in [3.05, 3.63) is 106 Å². The maximum absolute atomic E-state index is 12.9. The highest BCUT2D eigenvalue weighted by Crippen LogP contribution is 2.26. The van der Waals surface area contributed by atoms with E-state index in [0.717, 1.165) is 33.2 Å². The number of aryl methyl sites for hydroxylation is 1. The lowest BCUT2D eigenvalue weighted by Crippen LogP contribution is -2.14. The van der Waals surface area contributed by atoms with Gasteiger partial charge < -0.3 is 9.88 Å². The van der Waals surface area contributed by atoms with Crippen molar-refractivity contribution in [2.45, 2.75) is 20.4 Å². The minimum Gasteiger partial charge on any atom is -0.342 e. The summed E-state index contributed by atoms with van der Waals surface area (Å²) in [5.41, 5.74) is 5.79. The zero-order chi connectivity index (χ0) is 22.7. The third-order valence-electron chi connectivity index (χ3n) is 5.60. The molecule has 0 bridgehead atoms. The van der Waals surface area contributed by atoms with Gasteiger partial charge in [0, 0.05) is 39.9 Å². The molecule has 0 fully saturated rings. The summed E-state index contributed by atoms with van der Waals surface area (Å²) in [4.78, 5) is 12.9. The van der Waals surface area contributed by atoms with Crippen molar-refractivity contribution in [3.8, 4) is 6.07 Å². The molecule has 4 nitrogen and oxygen atoms in total. The summed E-state index contributed by atoms with van der Waals surface area (Å²) in [6.45, 7) is 4.59. The standard InChI is InChI=1S/C27H22ClN3O/c1-18-6-5-8-25(19(18)2)30-27(32)21(15-29)14-22-17-31(26-9-4-3-7-24(22)26)16-20-10-12-23(28)13-11-20/h3-14,17H,16H2,1-2H3,(H,30,32)/b21-14+. The fourth-order valence-corrected chi connectivity index (χ4v) is 3.81. The van der Waals surface area contributed by atoms with Crippen molar-refractivity contribution >= 4 is 40.2 Å². The number of nitriles is 1. The van der Waals surface area contributed by atoms with E-state index in [2.05, 4.69) is 16.0 Å². The molecule has 4 aromatic rings. The molecule has 32 heavy (non-hydrogen) atoms. The Balaban J connectivity index is 1.68. The van der Waals surface area contributed by atoms with E-state index < -0.39 is 5.91 Å². The van der Waals surface area contributed by atoms with E-state index in [4.69, 9.17) is 11.6 Å². The van der Waals surface area contributed by atoms with Gasteiger partial charge in [-0.3, -0.25) is 4.79 Å². The number of nitrogens with zero attached hydrogens (tertiary/aromatic N) is 2. The molecule has 1 aromatic heterocycles. The van der Waals surface area contributed by atoms with Gasteiger partial charge in [0.2, 0.25) is 0 Å². The van der Waals surface area contributed by atoms with Crippen LogP contribution in [0.2, 0.25) is 5.02 Å². The number of halogens is 1. The van der Waals surface area contributed by atoms with Crippen molar-refractivity contribution in [3.63, 3.8) is 0 Å². The van der Waals surface area contributed by atoms with Gasteiger partial charge in [-0.15, -0.1) is 0 Å². The van der Waals surface area contributed by atoms with Crippen LogP contribution in [0.25, 0.3) is 17.0 Å². The van der Waals surface area contributed by atoms with Crippen LogP contribution >= 0.6 is 11.6 Å². The molecule has 0 radical (unpaired) electrons. The molecule has 0 saturated carbocycles. The van der Waals surface area contributed by atoms with Crippen LogP contribution in [0.15, 0.2) is 78.5 Å². The summed E-state index contributed by atoms with van der Waals surface area (Å²) in [7, 11) is 0. The number of rotatable bonds is 5. The number of anilines is 1. The zero-order valence-corrected chi connectivity index (χ0v) is 18.6. The molecule has 0 atom stereocenters. The van der Waals surface area contributed by atoms with E-state index in [1.165, 1.54) is 0 Å². The Labute approximate surface area is 192 Å². The fourth-order valence-electron chi connectivity index (χ4n) is 3.69. The fraction of sp³-hybridized carbons (Fsp3) is 0.111. The Hall–Kier alpha value is -3.81. The number of para-hydroxylation sites is 1. The molecule has 0 aliphatic carbocycles. The average Bonchev–Trinajstić information content (AvgIpc) is 3.14. The Bertz CT molecular complexity index is 1370. The first-order chi connectivity index (χ1) is 15.5. The number of fused-ring (bicyclic) bond motifs is 1. The number of hydrogen-bond donors (Lipinski definition) is 1. The molecule has 0 spiro atoms. The number of amides is 1. The highest BCUT2D eigenvalue weighted by molar-refractivity contribution is 6.30. The number of hydrogen-bond acceptors (Lipinski definition) is 2. The first-order valence-corrected chi connectivity index (χ1v) is 10.7. The van der Waals surface area contributed by atoms with Crippen LogP contribution in [0.3, 0.4) is 0 Å². The average molecular weight is 440 g/mol. The molecule has 158 valence electrons. The maximum atomic E-state index is 12.9. The van der Waals surface area contributed by atoms with E-state index in [-0.39, 0.29) is 5.57 Å². The second-order valence-corrected chi connectivity index (χ2v) is 8.16. The van der Waals surface area contributed by atoms with Crippen molar-refractivity contribution in [1.29, 1.82) is 5.26 Å². The van der Waals surface area contributed by atoms with Crippen molar-refractivity contribution in [2.75, 3.05) is 5.32 Å². The Morgan fingerprint density at radius 1 is 1.06 bits per heavy atom. The van der Waals surface area contributed by atoms with Crippen LogP contribution in [-0.4, -0.2) is 10.5 Å². The number of carbonyl (C=O) groups excluding carboxylic acids is 1. The summed E-state index contributed by atoms with van der Waals surface area (Å²) in [5, 5.41) is 14.3. The molecular formula is C27H22ClN3O. The van der Waals surface area contributed by atoms with Gasteiger partial charge in [-0.1, -0.05) is 54.1 Å². The molecule has 4 rings (SSSR count). The highest BCUT2D eigenvalue weighted by atomic mass is 35.5. The molecule has 0 aliphatic heterocycles. The third kappa shape index (κ3) is 4.44. The second-order valence-electron chi connectivity index (χ2n) is 7.73. The molecule has 1 N–H and O–H groups in total. The first kappa shape index (κ1) is 21.4. The van der Waals surface area contributed by atoms with Gasteiger partial charge in [-0.05, 0) is 60.9 Å². The van der Waals surface area contributed by atoms with E-state index >= 15 is 0 Å². The van der Waals surface area contributed by atoms with Gasteiger partial charge in [0.1, 0.15) is 11.6 Å². The zero-order valence-electron chi connectivity index (χ0n) is 17.9. The summed E-state index contributed by atoms with van der Waals surface area (Å²) in [6.07, 6.45) is 3.63. The summed E-state index contributed by atoms with van der Waals surface area (Å²) < 4.78 is 2.11. The topological polar surface area (TPSA) is 57.8 Å². The number of aromatic nitrogens is 1. The molecule has 5 heteroatoms. The normalized spacial score (nSPS) is 11.4. The lowest BCUT2D eigenvalue weighted by molar-refractivity contribution is -0.112. The highest BCUT2D eigenvalue weighted by Gasteiger charge is 2.14. The van der Waals surface area contributed by atoms with Gasteiger partial charge in [-0.25, -0.2) is 0 Å². The molecule has 0 aliphatic rings. The van der Waals surface area contributed by atoms with Crippen LogP contribution in [0.1, 0.15) is 22.3 Å². The first-order valence-electron chi connectivity index (χ1n) is 10.3. The Morgan fingerprint density at radius 3 is 2.56 bits per heavy atom. The van der Waals surface area contributed by atoms with Crippen molar-refractivity contribution in [1.82, 2.24) is 4.57 Å². The molecule has 3 aromatic carbocycles. The minimum atomic E-state index is -0.421. The van der Waals surface area contributed by atoms with E-state index in [1.54, 1.807) is 6.08 Å². The van der Waals surface area contributed by atoms with Crippen LogP contribution in [-0.2, 0) is 11.3 Å². The lowest BCUT2D eigenvalue weighted by Gasteiger charge is -2.09. The quantitative estimate of drug-likeness (QED) is 0.285. The number of nitrogens with one attached hydrogen (secondary N) is 1. The SMILES string of the molecule is Cc1cccc(NC(=O)/C(C#N)=C/c2cn(Cc3ccc(Cl)cc3)c3ccccc23)c1C. The van der Waals surface area contributed by atoms with Crippen LogP contribution in [0.4, 0.5) is 5.69 Å². The largest absolute Gasteiger partial charge is 0.342 e. The van der Waals surface area contributed by atoms with E-state index in [1.807, 2.05) is 86.8 Å². The molecule has 1 heterocycles. The molecule has 0 saturated heterocycles. The van der Waals surface area contributed by atoms with E-state index in [0.29, 0.717) is 17.3 Å². The monoisotopic (exact) mass is 439 g/mol. The predicted molar refractivity (Wildman–Crippen MR) is 131 cm³/mol. The van der Waals surface area contributed by atoms with Gasteiger partial charge in [0.25, 0.3) is 5.91 Å². The second kappa shape index (κ2) is 9.13. The van der Waals surface area contributed by atoms with Crippen molar-refractivity contribution < 1.29 is 4.79 Å². The van der Waals surface area contributed by atoms with Crippen molar-refractivity contribution in [2.24, 2.45) is 0 Å². The van der Waals surface area contributed by atoms with E-state index in [9.17, 15) is 10.1 Å². The summed E-state index contributed by atoms with van der Waals surface area (Å²) in [5.74, 6) is -0.421. The maximum Gasteiger partial charge on any atom is 0.266 e. The van der Waals surface area contributed by atoms with Crippen LogP contribution in [0, 0.1) is 25.2 Å². The molecule has 1 amide bonds. The molecular weight excluding hydrogens is 418 g/mol. The smallest absolute Gasteiger partial charge is 0.266 e. The van der Waals surface area contributed by atoms with Gasteiger partial charge >= 0.3 is 0 Å². The van der Waals surface area contributed by atoms with Gasteiger partial charge in [-0.2, -0.15) is 5.26 Å². The summed E-state index contributed by atoms with van der Waals surface area (Å²) >= 11 is 6.01. The lowest BCUT2D eigenvalue weighted by atomic mass is 10.1. The Morgan fingerprint density at radius 2 is 1.81 bits per heavy atom. The summed E-state index contributed by atoms with van der Waals surface area (Å²) in [6, 6.07) is 23.5. The van der Waals surface area contributed by atoms with Crippen LogP contribution < -0.4 is 5.32 Å². The van der Waals surface area contributed by atoms with Gasteiger partial charge in [0.05, 0.1) is 0 Å². The predicted octanol–water partition coefficient (Wildman–Crippen LogP) is 6.51. The Kier molecular flexibility index (Phi) is 6.11. The van der Waals surface area contributed by atoms with Crippen LogP contribution in [0.5, 0.6) is 0 Å². The number of carbonyl (C=O) groups is 1.